The van der Waals surface area contributed by atoms with E-state index in [-0.39, 0.29) is 0 Å². The molecule has 1 aromatic carbocycles. The lowest BCUT2D eigenvalue weighted by Gasteiger charge is -1.90. The molecule has 0 aliphatic rings. The van der Waals surface area contributed by atoms with Gasteiger partial charge >= 0.3 is 0 Å². The number of rotatable bonds is 2. The Bertz CT molecular complexity index is 224. The van der Waals surface area contributed by atoms with Crippen molar-refractivity contribution in [3.8, 4) is 0 Å². The highest BCUT2D eigenvalue weighted by Crippen LogP contribution is 2.20. The number of nitroso groups, excluding NO2 is 1. The minimum absolute atomic E-state index is 0.662. The largest absolute Gasteiger partial charge is 0.137 e. The summed E-state index contributed by atoms with van der Waals surface area (Å²) < 4.78 is 2.66. The van der Waals surface area contributed by atoms with Crippen LogP contribution in [0.3, 0.4) is 0 Å². The molecule has 1 rings (SSSR count). The van der Waals surface area contributed by atoms with Gasteiger partial charge in [0, 0.05) is 14.5 Å². The first-order valence-corrected chi connectivity index (χ1v) is 3.73. The van der Waals surface area contributed by atoms with E-state index in [1.807, 2.05) is 0 Å². The highest BCUT2D eigenvalue weighted by molar-refractivity contribution is 7.98. The molecule has 0 radical (unpaired) electrons. The molecule has 0 saturated heterocycles. The summed E-state index contributed by atoms with van der Waals surface area (Å²) in [5, 5.41) is 0.662. The highest BCUT2D eigenvalue weighted by atomic mass is 35.5. The van der Waals surface area contributed by atoms with Gasteiger partial charge in [0.2, 0.25) is 0 Å². The summed E-state index contributed by atoms with van der Waals surface area (Å²) in [5.41, 5.74) is 0. The van der Waals surface area contributed by atoms with Crippen LogP contribution < -0.4 is 0 Å². The third-order valence-corrected chi connectivity index (χ3v) is 1.77. The minimum Gasteiger partial charge on any atom is -0.137 e. The van der Waals surface area contributed by atoms with Crippen LogP contribution in [-0.2, 0) is 0 Å². The van der Waals surface area contributed by atoms with Crippen molar-refractivity contribution in [3.63, 3.8) is 0 Å². The SMILES string of the molecule is O=NSc1ccc(Cl)cc1. The average Bonchev–Trinajstić information content (AvgIpc) is 1.95. The molecule has 0 bridgehead atoms. The van der Waals surface area contributed by atoms with Gasteiger partial charge in [0.15, 0.2) is 0 Å². The molecule has 0 amide bonds. The third kappa shape index (κ3) is 2.01. The Morgan fingerprint density at radius 1 is 1.30 bits per heavy atom. The summed E-state index contributed by atoms with van der Waals surface area (Å²) in [6, 6.07) is 6.92. The van der Waals surface area contributed by atoms with Crippen molar-refractivity contribution >= 4 is 23.5 Å². The van der Waals surface area contributed by atoms with Crippen molar-refractivity contribution in [1.82, 2.24) is 0 Å². The molecule has 0 fully saturated rings. The Morgan fingerprint density at radius 3 is 2.40 bits per heavy atom. The van der Waals surface area contributed by atoms with Crippen LogP contribution >= 0.6 is 23.5 Å². The van der Waals surface area contributed by atoms with Gasteiger partial charge in [-0.15, -0.1) is 4.91 Å². The molecular weight excluding hydrogens is 170 g/mol. The number of nitrogens with zero attached hydrogens (tertiary/aromatic N) is 1. The first-order chi connectivity index (χ1) is 4.83. The lowest BCUT2D eigenvalue weighted by atomic mass is 10.4. The van der Waals surface area contributed by atoms with Crippen molar-refractivity contribution in [1.29, 1.82) is 0 Å². The Balaban J connectivity index is 2.78. The van der Waals surface area contributed by atoms with E-state index in [4.69, 9.17) is 11.6 Å². The molecule has 52 valence electrons. The molecule has 0 unspecified atom stereocenters. The smallest absolute Gasteiger partial charge is 0.0570 e. The topological polar surface area (TPSA) is 29.4 Å². The zero-order chi connectivity index (χ0) is 7.40. The van der Waals surface area contributed by atoms with Gasteiger partial charge < -0.3 is 0 Å². The fourth-order valence-electron chi connectivity index (χ4n) is 0.538. The van der Waals surface area contributed by atoms with E-state index in [0.717, 1.165) is 16.8 Å². The van der Waals surface area contributed by atoms with Gasteiger partial charge in [-0.3, -0.25) is 0 Å². The summed E-state index contributed by atoms with van der Waals surface area (Å²) in [6.07, 6.45) is 0. The summed E-state index contributed by atoms with van der Waals surface area (Å²) in [5.74, 6) is 0. The normalized spacial score (nSPS) is 9.30. The molecule has 0 atom stereocenters. The number of hydrogen-bond acceptors (Lipinski definition) is 3. The average molecular weight is 174 g/mol. The van der Waals surface area contributed by atoms with Crippen LogP contribution in [0.25, 0.3) is 0 Å². The quantitative estimate of drug-likeness (QED) is 0.508. The molecule has 0 aromatic heterocycles. The number of hydrogen-bond donors (Lipinski definition) is 0. The van der Waals surface area contributed by atoms with Gasteiger partial charge in [-0.2, -0.15) is 0 Å². The summed E-state index contributed by atoms with van der Waals surface area (Å²) in [7, 11) is 0. The van der Waals surface area contributed by atoms with Gasteiger partial charge in [-0.1, -0.05) is 11.6 Å². The second-order valence-corrected chi connectivity index (χ2v) is 2.86. The number of benzene rings is 1. The molecule has 1 aromatic rings. The Hall–Kier alpha value is -0.540. The van der Waals surface area contributed by atoms with Gasteiger partial charge in [-0.05, 0) is 24.3 Å². The van der Waals surface area contributed by atoms with E-state index in [9.17, 15) is 4.91 Å². The first-order valence-electron chi connectivity index (χ1n) is 2.58. The second-order valence-electron chi connectivity index (χ2n) is 1.62. The fraction of sp³-hybridized carbons (Fsp3) is 0. The lowest BCUT2D eigenvalue weighted by Crippen LogP contribution is -1.65. The molecule has 10 heavy (non-hydrogen) atoms. The molecule has 0 spiro atoms. The monoisotopic (exact) mass is 173 g/mol. The predicted octanol–water partition coefficient (Wildman–Crippen LogP) is 3.11. The van der Waals surface area contributed by atoms with Gasteiger partial charge in [0.1, 0.15) is 0 Å². The van der Waals surface area contributed by atoms with Crippen LogP contribution in [0.4, 0.5) is 0 Å². The lowest BCUT2D eigenvalue weighted by molar-refractivity contribution is 1.46. The summed E-state index contributed by atoms with van der Waals surface area (Å²) in [6.45, 7) is 0. The van der Waals surface area contributed by atoms with Gasteiger partial charge in [0.25, 0.3) is 0 Å². The zero-order valence-corrected chi connectivity index (χ0v) is 6.52. The molecule has 0 N–H and O–H groups in total. The molecule has 2 nitrogen and oxygen atoms in total. The van der Waals surface area contributed by atoms with Crippen molar-refractivity contribution in [2.24, 2.45) is 4.58 Å². The van der Waals surface area contributed by atoms with Crippen molar-refractivity contribution in [2.45, 2.75) is 4.90 Å². The molecule has 0 saturated carbocycles. The summed E-state index contributed by atoms with van der Waals surface area (Å²) in [4.78, 5) is 10.5. The van der Waals surface area contributed by atoms with Crippen LogP contribution in [0.2, 0.25) is 5.02 Å². The maximum absolute atomic E-state index is 9.74. The standard InChI is InChI=1S/C6H4ClNOS/c7-5-1-3-6(4-2-5)10-8-9/h1-4H. The van der Waals surface area contributed by atoms with Crippen molar-refractivity contribution < 1.29 is 0 Å². The van der Waals surface area contributed by atoms with Gasteiger partial charge in [0.05, 0.1) is 11.9 Å². The maximum atomic E-state index is 9.74. The van der Waals surface area contributed by atoms with Crippen LogP contribution in [0.5, 0.6) is 0 Å². The Morgan fingerprint density at radius 2 is 1.90 bits per heavy atom. The van der Waals surface area contributed by atoms with E-state index in [1.165, 1.54) is 0 Å². The fourth-order valence-corrected chi connectivity index (χ4v) is 1.01. The van der Waals surface area contributed by atoms with Crippen LogP contribution in [-0.4, -0.2) is 0 Å². The van der Waals surface area contributed by atoms with Crippen LogP contribution in [0.15, 0.2) is 33.7 Å². The van der Waals surface area contributed by atoms with Gasteiger partial charge in [-0.25, -0.2) is 0 Å². The molecule has 0 heterocycles. The minimum atomic E-state index is 0.662. The summed E-state index contributed by atoms with van der Waals surface area (Å²) >= 11 is 6.49. The van der Waals surface area contributed by atoms with E-state index < -0.39 is 0 Å². The predicted molar refractivity (Wildman–Crippen MR) is 43.1 cm³/mol. The molecule has 0 aliphatic carbocycles. The van der Waals surface area contributed by atoms with Crippen molar-refractivity contribution in [3.05, 3.63) is 34.2 Å². The van der Waals surface area contributed by atoms with Crippen molar-refractivity contribution in [2.75, 3.05) is 0 Å². The Kier molecular flexibility index (Phi) is 2.71. The molecular formula is C6H4ClNOS. The zero-order valence-electron chi connectivity index (χ0n) is 4.95. The molecule has 4 heteroatoms. The first kappa shape index (κ1) is 7.57. The van der Waals surface area contributed by atoms with E-state index in [2.05, 4.69) is 4.58 Å². The van der Waals surface area contributed by atoms with Crippen LogP contribution in [0.1, 0.15) is 0 Å². The van der Waals surface area contributed by atoms with E-state index in [0.29, 0.717) is 5.02 Å². The highest BCUT2D eigenvalue weighted by Gasteiger charge is 1.91. The maximum Gasteiger partial charge on any atom is 0.0570 e. The third-order valence-electron chi connectivity index (χ3n) is 0.956. The molecule has 0 aliphatic heterocycles. The van der Waals surface area contributed by atoms with E-state index >= 15 is 0 Å². The Labute approximate surface area is 67.7 Å². The number of halogens is 1. The second kappa shape index (κ2) is 3.58. The van der Waals surface area contributed by atoms with Crippen LogP contribution in [0, 0.1) is 4.91 Å². The van der Waals surface area contributed by atoms with E-state index in [1.54, 1.807) is 24.3 Å².